The summed E-state index contributed by atoms with van der Waals surface area (Å²) in [6, 6.07) is 7.29. The van der Waals surface area contributed by atoms with Crippen molar-refractivity contribution >= 4 is 11.7 Å². The van der Waals surface area contributed by atoms with E-state index in [0.717, 1.165) is 5.56 Å². The van der Waals surface area contributed by atoms with Crippen molar-refractivity contribution in [1.29, 1.82) is 0 Å². The molecule has 1 rings (SSSR count). The molecule has 0 aliphatic carbocycles. The van der Waals surface area contributed by atoms with Gasteiger partial charge in [-0.2, -0.15) is 0 Å². The fourth-order valence-electron chi connectivity index (χ4n) is 1.43. The van der Waals surface area contributed by atoms with E-state index in [-0.39, 0.29) is 17.7 Å². The summed E-state index contributed by atoms with van der Waals surface area (Å²) in [7, 11) is 0. The Kier molecular flexibility index (Phi) is 4.23. The molecule has 0 spiro atoms. The van der Waals surface area contributed by atoms with E-state index in [2.05, 4.69) is 5.32 Å². The van der Waals surface area contributed by atoms with Crippen molar-refractivity contribution in [1.82, 2.24) is 5.32 Å². The monoisotopic (exact) mass is 219 g/mol. The maximum absolute atomic E-state index is 11.2. The number of nitrogens with one attached hydrogen (secondary N) is 1. The first kappa shape index (κ1) is 12.4. The van der Waals surface area contributed by atoms with Crippen molar-refractivity contribution in [2.45, 2.75) is 33.2 Å². The second-order valence-corrected chi connectivity index (χ2v) is 3.82. The van der Waals surface area contributed by atoms with Crippen LogP contribution in [0.5, 0.6) is 0 Å². The van der Waals surface area contributed by atoms with Gasteiger partial charge in [0.05, 0.1) is 6.04 Å². The summed E-state index contributed by atoms with van der Waals surface area (Å²) in [4.78, 5) is 22.3. The smallest absolute Gasteiger partial charge is 0.220 e. The Morgan fingerprint density at radius 1 is 1.25 bits per heavy atom. The number of benzene rings is 1. The van der Waals surface area contributed by atoms with Gasteiger partial charge in [-0.3, -0.25) is 9.59 Å². The molecule has 0 aliphatic heterocycles. The number of Topliss-reactive ketones (excluding diaryl/α,β-unsaturated/α-hetero) is 1. The molecule has 1 N–H and O–H groups in total. The zero-order valence-electron chi connectivity index (χ0n) is 9.91. The van der Waals surface area contributed by atoms with E-state index in [9.17, 15) is 9.59 Å². The highest BCUT2D eigenvalue weighted by atomic mass is 16.1. The summed E-state index contributed by atoms with van der Waals surface area (Å²) < 4.78 is 0. The summed E-state index contributed by atoms with van der Waals surface area (Å²) in [5, 5.41) is 2.87. The van der Waals surface area contributed by atoms with Crippen LogP contribution >= 0.6 is 0 Å². The summed E-state index contributed by atoms with van der Waals surface area (Å²) in [5.74, 6) is 0.0833. The molecule has 0 saturated carbocycles. The Hall–Kier alpha value is -1.64. The lowest BCUT2D eigenvalue weighted by atomic mass is 10.0. The van der Waals surface area contributed by atoms with Gasteiger partial charge >= 0.3 is 0 Å². The largest absolute Gasteiger partial charge is 0.350 e. The van der Waals surface area contributed by atoms with Crippen LogP contribution in [-0.4, -0.2) is 11.7 Å². The topological polar surface area (TPSA) is 46.2 Å². The summed E-state index contributed by atoms with van der Waals surface area (Å²) >= 11 is 0. The molecular formula is C13H17NO2. The van der Waals surface area contributed by atoms with Crippen molar-refractivity contribution in [2.75, 3.05) is 0 Å². The van der Waals surface area contributed by atoms with Crippen LogP contribution in [0, 0.1) is 0 Å². The van der Waals surface area contributed by atoms with Gasteiger partial charge in [0.2, 0.25) is 5.91 Å². The highest BCUT2D eigenvalue weighted by Crippen LogP contribution is 2.13. The van der Waals surface area contributed by atoms with Crippen molar-refractivity contribution in [3.05, 3.63) is 35.4 Å². The van der Waals surface area contributed by atoms with Crippen LogP contribution in [0.1, 0.15) is 49.2 Å². The second-order valence-electron chi connectivity index (χ2n) is 3.82. The third kappa shape index (κ3) is 3.19. The third-order valence-electron chi connectivity index (χ3n) is 2.52. The number of ketones is 1. The minimum atomic E-state index is -0.0199. The van der Waals surface area contributed by atoms with E-state index in [1.807, 2.05) is 26.0 Å². The highest BCUT2D eigenvalue weighted by molar-refractivity contribution is 5.94. The van der Waals surface area contributed by atoms with Gasteiger partial charge in [0.15, 0.2) is 5.78 Å². The molecule has 0 unspecified atom stereocenters. The van der Waals surface area contributed by atoms with Crippen LogP contribution in [0.25, 0.3) is 0 Å². The Bertz CT molecular complexity index is 381. The fraction of sp³-hybridized carbons (Fsp3) is 0.385. The average Bonchev–Trinajstić information content (AvgIpc) is 2.28. The minimum absolute atomic E-state index is 0.0199. The summed E-state index contributed by atoms with van der Waals surface area (Å²) in [5.41, 5.74) is 1.70. The lowest BCUT2D eigenvalue weighted by Crippen LogP contribution is -2.25. The minimum Gasteiger partial charge on any atom is -0.350 e. The molecular weight excluding hydrogens is 202 g/mol. The van der Waals surface area contributed by atoms with Crippen LogP contribution < -0.4 is 5.32 Å². The number of carbonyl (C=O) groups excluding carboxylic acids is 2. The van der Waals surface area contributed by atoms with Crippen molar-refractivity contribution in [3.63, 3.8) is 0 Å². The first-order valence-electron chi connectivity index (χ1n) is 5.44. The molecule has 1 amide bonds. The maximum Gasteiger partial charge on any atom is 0.220 e. The lowest BCUT2D eigenvalue weighted by Gasteiger charge is -2.13. The number of rotatable bonds is 4. The molecule has 3 heteroatoms. The number of amides is 1. The molecule has 0 heterocycles. The molecule has 1 atom stereocenters. The van der Waals surface area contributed by atoms with E-state index in [0.29, 0.717) is 12.0 Å². The van der Waals surface area contributed by atoms with Gasteiger partial charge in [0.25, 0.3) is 0 Å². The second kappa shape index (κ2) is 5.45. The normalized spacial score (nSPS) is 11.9. The molecule has 0 saturated heterocycles. The Labute approximate surface area is 95.9 Å². The molecule has 0 radical (unpaired) electrons. The molecule has 1 aromatic rings. The van der Waals surface area contributed by atoms with Crippen molar-refractivity contribution in [3.8, 4) is 0 Å². The molecule has 16 heavy (non-hydrogen) atoms. The molecule has 86 valence electrons. The van der Waals surface area contributed by atoms with E-state index in [1.54, 1.807) is 12.1 Å². The number of carbonyl (C=O) groups is 2. The molecule has 0 aromatic heterocycles. The Morgan fingerprint density at radius 2 is 1.81 bits per heavy atom. The SMILES string of the molecule is CCC(=O)N[C@@H](C)c1ccc(C(C)=O)cc1. The fourth-order valence-corrected chi connectivity index (χ4v) is 1.43. The zero-order valence-corrected chi connectivity index (χ0v) is 9.91. The third-order valence-corrected chi connectivity index (χ3v) is 2.52. The van der Waals surface area contributed by atoms with E-state index in [4.69, 9.17) is 0 Å². The van der Waals surface area contributed by atoms with Crippen molar-refractivity contribution < 1.29 is 9.59 Å². The number of hydrogen-bond donors (Lipinski definition) is 1. The standard InChI is InChI=1S/C13H17NO2/c1-4-13(16)14-9(2)11-5-7-12(8-6-11)10(3)15/h5-9H,4H2,1-3H3,(H,14,16)/t9-/m0/s1. The Morgan fingerprint density at radius 3 is 2.25 bits per heavy atom. The van der Waals surface area contributed by atoms with Crippen LogP contribution in [0.15, 0.2) is 24.3 Å². The molecule has 0 fully saturated rings. The van der Waals surface area contributed by atoms with Crippen LogP contribution in [0.2, 0.25) is 0 Å². The molecule has 3 nitrogen and oxygen atoms in total. The zero-order chi connectivity index (χ0) is 12.1. The number of hydrogen-bond acceptors (Lipinski definition) is 2. The van der Waals surface area contributed by atoms with Crippen LogP contribution in [0.4, 0.5) is 0 Å². The molecule has 0 aliphatic rings. The maximum atomic E-state index is 11.2. The summed E-state index contributed by atoms with van der Waals surface area (Å²) in [6.45, 7) is 5.29. The van der Waals surface area contributed by atoms with Crippen LogP contribution in [-0.2, 0) is 4.79 Å². The highest BCUT2D eigenvalue weighted by Gasteiger charge is 2.08. The lowest BCUT2D eigenvalue weighted by molar-refractivity contribution is -0.121. The van der Waals surface area contributed by atoms with Gasteiger partial charge in [-0.25, -0.2) is 0 Å². The Balaban J connectivity index is 2.73. The van der Waals surface area contributed by atoms with Crippen LogP contribution in [0.3, 0.4) is 0 Å². The van der Waals surface area contributed by atoms with E-state index >= 15 is 0 Å². The average molecular weight is 219 g/mol. The molecule has 1 aromatic carbocycles. The van der Waals surface area contributed by atoms with E-state index < -0.39 is 0 Å². The van der Waals surface area contributed by atoms with E-state index in [1.165, 1.54) is 6.92 Å². The van der Waals surface area contributed by atoms with Gasteiger partial charge in [0.1, 0.15) is 0 Å². The van der Waals surface area contributed by atoms with Crippen molar-refractivity contribution in [2.24, 2.45) is 0 Å². The molecule has 0 bridgehead atoms. The first-order valence-corrected chi connectivity index (χ1v) is 5.44. The van der Waals surface area contributed by atoms with Gasteiger partial charge in [-0.1, -0.05) is 31.2 Å². The van der Waals surface area contributed by atoms with Gasteiger partial charge in [0, 0.05) is 12.0 Å². The van der Waals surface area contributed by atoms with Gasteiger partial charge in [-0.15, -0.1) is 0 Å². The first-order chi connectivity index (χ1) is 7.54. The predicted octanol–water partition coefficient (Wildman–Crippen LogP) is 2.48. The van der Waals surface area contributed by atoms with Gasteiger partial charge in [-0.05, 0) is 19.4 Å². The quantitative estimate of drug-likeness (QED) is 0.791. The summed E-state index contributed by atoms with van der Waals surface area (Å²) in [6.07, 6.45) is 0.482. The van der Waals surface area contributed by atoms with Gasteiger partial charge < -0.3 is 5.32 Å². The predicted molar refractivity (Wildman–Crippen MR) is 63.3 cm³/mol.